The number of alkyl halides is 2. The summed E-state index contributed by atoms with van der Waals surface area (Å²) in [6.45, 7) is 7.37. The van der Waals surface area contributed by atoms with E-state index in [9.17, 15) is 18.4 Å². The zero-order valence-corrected chi connectivity index (χ0v) is 16.3. The SMILES string of the molecule is CCN(CC)CC(=O)N1CCN(C(=O)C2CC(F)(F)CN2)CC1.Cl.Cl. The molecule has 0 aromatic rings. The molecule has 148 valence electrons. The highest BCUT2D eigenvalue weighted by Crippen LogP contribution is 2.26. The molecule has 2 rings (SSSR count). The van der Waals surface area contributed by atoms with Crippen LogP contribution in [0.2, 0.25) is 0 Å². The predicted octanol–water partition coefficient (Wildman–Crippen LogP) is 0.840. The molecule has 0 radical (unpaired) electrons. The van der Waals surface area contributed by atoms with Gasteiger partial charge in [-0.05, 0) is 13.1 Å². The van der Waals surface area contributed by atoms with Crippen molar-refractivity contribution in [3.05, 3.63) is 0 Å². The summed E-state index contributed by atoms with van der Waals surface area (Å²) >= 11 is 0. The molecule has 0 bridgehead atoms. The van der Waals surface area contributed by atoms with Gasteiger partial charge in [-0.2, -0.15) is 0 Å². The van der Waals surface area contributed by atoms with E-state index in [1.54, 1.807) is 9.80 Å². The first-order valence-corrected chi connectivity index (χ1v) is 8.26. The monoisotopic (exact) mass is 404 g/mol. The third-order valence-corrected chi connectivity index (χ3v) is 4.61. The number of carbonyl (C=O) groups excluding carboxylic acids is 2. The van der Waals surface area contributed by atoms with E-state index in [1.165, 1.54) is 0 Å². The van der Waals surface area contributed by atoms with Crippen LogP contribution >= 0.6 is 24.8 Å². The lowest BCUT2D eigenvalue weighted by molar-refractivity contribution is -0.141. The molecular formula is C15H28Cl2F2N4O2. The minimum Gasteiger partial charge on any atom is -0.338 e. The maximum absolute atomic E-state index is 13.2. The van der Waals surface area contributed by atoms with Crippen molar-refractivity contribution < 1.29 is 18.4 Å². The Morgan fingerprint density at radius 3 is 2.04 bits per heavy atom. The number of rotatable bonds is 5. The highest BCUT2D eigenvalue weighted by molar-refractivity contribution is 5.85. The molecule has 2 heterocycles. The van der Waals surface area contributed by atoms with Gasteiger partial charge in [0.25, 0.3) is 5.92 Å². The summed E-state index contributed by atoms with van der Waals surface area (Å²) in [7, 11) is 0. The van der Waals surface area contributed by atoms with Crippen LogP contribution in [0.25, 0.3) is 0 Å². The maximum atomic E-state index is 13.2. The lowest BCUT2D eigenvalue weighted by Crippen LogP contribution is -2.55. The first-order valence-electron chi connectivity index (χ1n) is 8.26. The number of nitrogens with one attached hydrogen (secondary N) is 1. The molecule has 1 N–H and O–H groups in total. The molecule has 10 heteroatoms. The second-order valence-electron chi connectivity index (χ2n) is 6.16. The van der Waals surface area contributed by atoms with Crippen molar-refractivity contribution in [1.29, 1.82) is 0 Å². The first kappa shape index (κ1) is 24.3. The van der Waals surface area contributed by atoms with Crippen molar-refractivity contribution in [2.24, 2.45) is 0 Å². The fourth-order valence-electron chi connectivity index (χ4n) is 3.03. The Hall–Kier alpha value is -0.700. The van der Waals surface area contributed by atoms with E-state index < -0.39 is 24.9 Å². The van der Waals surface area contributed by atoms with E-state index >= 15 is 0 Å². The van der Waals surface area contributed by atoms with Crippen LogP contribution in [0, 0.1) is 0 Å². The molecule has 2 saturated heterocycles. The fourth-order valence-corrected chi connectivity index (χ4v) is 3.03. The molecule has 0 saturated carbocycles. The summed E-state index contributed by atoms with van der Waals surface area (Å²) in [5.41, 5.74) is 0. The van der Waals surface area contributed by atoms with Crippen LogP contribution in [0.1, 0.15) is 20.3 Å². The van der Waals surface area contributed by atoms with Crippen molar-refractivity contribution in [3.63, 3.8) is 0 Å². The van der Waals surface area contributed by atoms with Gasteiger partial charge in [-0.25, -0.2) is 8.78 Å². The molecule has 2 aliphatic rings. The van der Waals surface area contributed by atoms with Crippen LogP contribution in [0.5, 0.6) is 0 Å². The molecule has 1 atom stereocenters. The van der Waals surface area contributed by atoms with E-state index in [0.717, 1.165) is 13.1 Å². The van der Waals surface area contributed by atoms with E-state index in [1.807, 2.05) is 18.7 Å². The lowest BCUT2D eigenvalue weighted by Gasteiger charge is -2.36. The minimum atomic E-state index is -2.80. The van der Waals surface area contributed by atoms with Crippen molar-refractivity contribution in [2.75, 3.05) is 52.4 Å². The third kappa shape index (κ3) is 6.51. The molecule has 0 spiro atoms. The number of hydrogen-bond acceptors (Lipinski definition) is 4. The molecule has 0 aromatic heterocycles. The van der Waals surface area contributed by atoms with Gasteiger partial charge in [-0.1, -0.05) is 13.8 Å². The summed E-state index contributed by atoms with van der Waals surface area (Å²) in [6, 6.07) is -0.803. The zero-order valence-electron chi connectivity index (χ0n) is 14.7. The van der Waals surface area contributed by atoms with Crippen LogP contribution in [0.15, 0.2) is 0 Å². The van der Waals surface area contributed by atoms with Gasteiger partial charge in [-0.3, -0.25) is 19.8 Å². The molecule has 1 unspecified atom stereocenters. The largest absolute Gasteiger partial charge is 0.338 e. The molecule has 2 aliphatic heterocycles. The predicted molar refractivity (Wildman–Crippen MR) is 96.8 cm³/mol. The summed E-state index contributed by atoms with van der Waals surface area (Å²) in [5, 5.41) is 2.59. The second-order valence-corrected chi connectivity index (χ2v) is 6.16. The molecule has 0 aliphatic carbocycles. The Labute approximate surface area is 160 Å². The quantitative estimate of drug-likeness (QED) is 0.737. The van der Waals surface area contributed by atoms with Crippen molar-refractivity contribution in [2.45, 2.75) is 32.2 Å². The van der Waals surface area contributed by atoms with Crippen LogP contribution in [0.3, 0.4) is 0 Å². The molecular weight excluding hydrogens is 377 g/mol. The summed E-state index contributed by atoms with van der Waals surface area (Å²) in [5.74, 6) is -3.02. The highest BCUT2D eigenvalue weighted by Gasteiger charge is 2.43. The van der Waals surface area contributed by atoms with Gasteiger partial charge >= 0.3 is 0 Å². The van der Waals surface area contributed by atoms with Crippen molar-refractivity contribution in [3.8, 4) is 0 Å². The van der Waals surface area contributed by atoms with Gasteiger partial charge in [0.1, 0.15) is 0 Å². The average Bonchev–Trinajstić information content (AvgIpc) is 2.91. The van der Waals surface area contributed by atoms with Crippen molar-refractivity contribution >= 4 is 36.6 Å². The Morgan fingerprint density at radius 2 is 1.60 bits per heavy atom. The fraction of sp³-hybridized carbons (Fsp3) is 0.867. The van der Waals surface area contributed by atoms with Crippen molar-refractivity contribution in [1.82, 2.24) is 20.0 Å². The lowest BCUT2D eigenvalue weighted by atomic mass is 10.1. The molecule has 2 amide bonds. The van der Waals surface area contributed by atoms with Gasteiger partial charge in [0, 0.05) is 32.6 Å². The Morgan fingerprint density at radius 1 is 1.08 bits per heavy atom. The normalized spacial score (nSPS) is 22.4. The number of halogens is 4. The summed E-state index contributed by atoms with van der Waals surface area (Å²) in [4.78, 5) is 29.8. The van der Waals surface area contributed by atoms with E-state index in [-0.39, 0.29) is 36.6 Å². The van der Waals surface area contributed by atoms with Gasteiger partial charge in [0.2, 0.25) is 11.8 Å². The van der Waals surface area contributed by atoms with Crippen LogP contribution in [-0.2, 0) is 9.59 Å². The zero-order chi connectivity index (χ0) is 17.0. The molecule has 25 heavy (non-hydrogen) atoms. The van der Waals surface area contributed by atoms with Gasteiger partial charge in [0.15, 0.2) is 0 Å². The summed E-state index contributed by atoms with van der Waals surface area (Å²) in [6.07, 6.45) is -0.438. The second kappa shape index (κ2) is 10.4. The number of piperazine rings is 1. The third-order valence-electron chi connectivity index (χ3n) is 4.61. The first-order chi connectivity index (χ1) is 10.9. The average molecular weight is 405 g/mol. The molecule has 2 fully saturated rings. The number of hydrogen-bond donors (Lipinski definition) is 1. The number of nitrogens with zero attached hydrogens (tertiary/aromatic N) is 3. The highest BCUT2D eigenvalue weighted by atomic mass is 35.5. The van der Waals surface area contributed by atoms with E-state index in [4.69, 9.17) is 0 Å². The van der Waals surface area contributed by atoms with E-state index in [2.05, 4.69) is 5.32 Å². The summed E-state index contributed by atoms with van der Waals surface area (Å²) < 4.78 is 26.4. The Balaban J connectivity index is 0.00000288. The minimum absolute atomic E-state index is 0. The van der Waals surface area contributed by atoms with E-state index in [0.29, 0.717) is 32.7 Å². The molecule has 6 nitrogen and oxygen atoms in total. The van der Waals surface area contributed by atoms with Crippen LogP contribution in [-0.4, -0.2) is 90.8 Å². The number of carbonyl (C=O) groups is 2. The topological polar surface area (TPSA) is 55.9 Å². The standard InChI is InChI=1S/C15H26F2N4O2.2ClH/c1-3-19(4-2)10-13(22)20-5-7-21(8-6-20)14(23)12-9-15(16,17)11-18-12;;/h12,18H,3-11H2,1-2H3;2*1H. The molecule has 0 aromatic carbocycles. The van der Waals surface area contributed by atoms with Gasteiger partial charge in [-0.15, -0.1) is 24.8 Å². The number of likely N-dealkylation sites (N-methyl/N-ethyl adjacent to an activating group) is 1. The van der Waals surface area contributed by atoms with Gasteiger partial charge in [0.05, 0.1) is 19.1 Å². The Kier molecular flexibility index (Phi) is 10.2. The maximum Gasteiger partial charge on any atom is 0.262 e. The number of amides is 2. The van der Waals surface area contributed by atoms with Gasteiger partial charge < -0.3 is 9.80 Å². The van der Waals surface area contributed by atoms with Crippen LogP contribution in [0.4, 0.5) is 8.78 Å². The van der Waals surface area contributed by atoms with Crippen LogP contribution < -0.4 is 5.32 Å². The Bertz CT molecular complexity index is 445. The smallest absolute Gasteiger partial charge is 0.262 e.